The Kier molecular flexibility index (Phi) is 19.7. The van der Waals surface area contributed by atoms with E-state index in [4.69, 9.17) is 64.2 Å². The van der Waals surface area contributed by atoms with E-state index in [0.717, 1.165) is 33.4 Å². The van der Waals surface area contributed by atoms with E-state index in [1.165, 1.54) is 14.2 Å². The van der Waals surface area contributed by atoms with Gasteiger partial charge in [-0.2, -0.15) is 0 Å². The molecule has 0 aliphatic carbocycles. The first-order chi connectivity index (χ1) is 35.8. The molecular formula is C56H58O18. The normalized spacial score (nSPS) is 25.9. The van der Waals surface area contributed by atoms with Crippen LogP contribution in [0.4, 0.5) is 0 Å². The topological polar surface area (TPSA) is 267 Å². The molecule has 3 fully saturated rings. The number of aliphatic hydroxyl groups excluding tert-OH is 7. The number of rotatable bonds is 14. The third-order valence-electron chi connectivity index (χ3n) is 12.3. The SMILES string of the molecule is COC1O[C@@H](CO)[C@H](O)[C@@H]1O.COC1O[C@@H](COC(=O)c2ccc(-c3ccccc3)cc2)[C@H](OC(=O)c2ccc(-c3ccccc3)cc2)[C@@H]1OC(=O)c1ccc(-c2ccccc2)cc1.OC[C@@H]1OC(O)[C@@H](O)[C@H]1O. The molecule has 3 heterocycles. The molecule has 9 rings (SSSR count). The van der Waals surface area contributed by atoms with Crippen molar-refractivity contribution in [3.63, 3.8) is 0 Å². The van der Waals surface area contributed by atoms with E-state index in [2.05, 4.69) is 9.47 Å². The standard InChI is InChI=1S/C45H36O8.C6H12O5.C5H10O5/c1-49-45-41(53-44(48)38-27-21-35(22-28-38)32-15-9-4-10-16-32)40(52-43(47)37-25-19-34(20-26-37)31-13-7-3-8-14-31)39(51-45)29-50-42(46)36-23-17-33(18-24-36)30-11-5-2-6-12-30;1-10-6-5(9)4(8)3(2-7)11-6;6-1-2-3(7)4(8)5(9)10-2/h2-28,39-41,45H,29H2,1H3;3-9H,2H2,1H3;2-9H,1H2/t39-,40-,41-,45?;3-,4-,5-,6?;2-,3-,4-,5?/m000/s1. The average Bonchev–Trinajstić information content (AvgIpc) is 4.03. The smallest absolute Gasteiger partial charge is 0.338 e. The lowest BCUT2D eigenvalue weighted by Gasteiger charge is -2.24. The third kappa shape index (κ3) is 13.7. The van der Waals surface area contributed by atoms with E-state index in [1.54, 1.807) is 36.4 Å². The van der Waals surface area contributed by atoms with E-state index in [1.807, 2.05) is 127 Å². The van der Waals surface area contributed by atoms with Crippen LogP contribution in [0.3, 0.4) is 0 Å². The van der Waals surface area contributed by atoms with Crippen molar-refractivity contribution in [2.75, 3.05) is 34.0 Å². The summed E-state index contributed by atoms with van der Waals surface area (Å²) < 4.78 is 43.4. The van der Waals surface area contributed by atoms with Crippen LogP contribution >= 0.6 is 0 Å². The summed E-state index contributed by atoms with van der Waals surface area (Å²) in [6.45, 7) is -1.03. The van der Waals surface area contributed by atoms with Crippen LogP contribution in [0.25, 0.3) is 33.4 Å². The maximum atomic E-state index is 13.6. The fourth-order valence-corrected chi connectivity index (χ4v) is 8.14. The zero-order chi connectivity index (χ0) is 52.7. The predicted octanol–water partition coefficient (Wildman–Crippen LogP) is 4.16. The molecular weight excluding hydrogens is 961 g/mol. The summed E-state index contributed by atoms with van der Waals surface area (Å²) in [7, 11) is 2.75. The van der Waals surface area contributed by atoms with Crippen molar-refractivity contribution in [2.24, 2.45) is 0 Å². The average molecular weight is 1020 g/mol. The summed E-state index contributed by atoms with van der Waals surface area (Å²) in [5, 5.41) is 61.9. The van der Waals surface area contributed by atoms with Crippen LogP contribution < -0.4 is 0 Å². The Labute approximate surface area is 426 Å². The Morgan fingerprint density at radius 3 is 1.09 bits per heavy atom. The number of ether oxygens (including phenoxy) is 8. The van der Waals surface area contributed by atoms with Crippen LogP contribution in [0.5, 0.6) is 0 Å². The molecule has 3 aliphatic rings. The van der Waals surface area contributed by atoms with E-state index in [9.17, 15) is 14.4 Å². The molecule has 18 nitrogen and oxygen atoms in total. The van der Waals surface area contributed by atoms with E-state index in [-0.39, 0.29) is 24.3 Å². The highest BCUT2D eigenvalue weighted by Crippen LogP contribution is 2.31. The van der Waals surface area contributed by atoms with Gasteiger partial charge in [-0.05, 0) is 69.8 Å². The van der Waals surface area contributed by atoms with Gasteiger partial charge in [0, 0.05) is 14.2 Å². The molecule has 0 radical (unpaired) electrons. The molecule has 390 valence electrons. The number of esters is 3. The molecule has 0 bridgehead atoms. The van der Waals surface area contributed by atoms with Gasteiger partial charge in [-0.15, -0.1) is 0 Å². The zero-order valence-corrected chi connectivity index (χ0v) is 40.3. The first-order valence-electron chi connectivity index (χ1n) is 23.5. The quantitative estimate of drug-likeness (QED) is 0.0597. The first-order valence-corrected chi connectivity index (χ1v) is 23.5. The number of carbonyl (C=O) groups is 3. The summed E-state index contributed by atoms with van der Waals surface area (Å²) in [6.07, 6.45) is -13.0. The number of carbonyl (C=O) groups excluding carboxylic acids is 3. The summed E-state index contributed by atoms with van der Waals surface area (Å²) in [6, 6.07) is 50.4. The molecule has 0 saturated carbocycles. The van der Waals surface area contributed by atoms with Crippen LogP contribution in [-0.4, -0.2) is 161 Å². The van der Waals surface area contributed by atoms with E-state index >= 15 is 0 Å². The summed E-state index contributed by atoms with van der Waals surface area (Å²) in [5.41, 5.74) is 6.73. The third-order valence-corrected chi connectivity index (χ3v) is 12.3. The van der Waals surface area contributed by atoms with Crippen molar-refractivity contribution in [1.82, 2.24) is 0 Å². The molecule has 3 aliphatic heterocycles. The van der Waals surface area contributed by atoms with Crippen molar-refractivity contribution < 1.29 is 88.0 Å². The minimum absolute atomic E-state index is 0.279. The fourth-order valence-electron chi connectivity index (χ4n) is 8.14. The second-order valence-electron chi connectivity index (χ2n) is 17.1. The molecule has 3 saturated heterocycles. The van der Waals surface area contributed by atoms with Crippen LogP contribution in [0, 0.1) is 0 Å². The van der Waals surface area contributed by atoms with Gasteiger partial charge in [0.05, 0.1) is 29.9 Å². The van der Waals surface area contributed by atoms with Crippen molar-refractivity contribution in [1.29, 1.82) is 0 Å². The maximum absolute atomic E-state index is 13.6. The molecule has 0 amide bonds. The monoisotopic (exact) mass is 1020 g/mol. The lowest BCUT2D eigenvalue weighted by Crippen LogP contribution is -2.42. The minimum atomic E-state index is -1.38. The fraction of sp³-hybridized carbons (Fsp3) is 0.304. The number of hydrogen-bond donors (Lipinski definition) is 7. The number of methoxy groups -OCH3 is 2. The Balaban J connectivity index is 0.000000314. The van der Waals surface area contributed by atoms with Gasteiger partial charge in [0.25, 0.3) is 0 Å². The first kappa shape index (κ1) is 55.0. The Bertz CT molecular complexity index is 2660. The molecule has 18 heteroatoms. The van der Waals surface area contributed by atoms with Gasteiger partial charge in [-0.25, -0.2) is 14.4 Å². The Hall–Kier alpha value is -6.75. The van der Waals surface area contributed by atoms with Crippen molar-refractivity contribution in [3.8, 4) is 33.4 Å². The van der Waals surface area contributed by atoms with Gasteiger partial charge in [-0.3, -0.25) is 0 Å². The molecule has 0 spiro atoms. The summed E-state index contributed by atoms with van der Waals surface area (Å²) in [5.74, 6) is -1.93. The van der Waals surface area contributed by atoms with Crippen LogP contribution in [-0.2, 0) is 37.9 Å². The molecule has 12 atom stereocenters. The van der Waals surface area contributed by atoms with Gasteiger partial charge < -0.3 is 73.6 Å². The summed E-state index contributed by atoms with van der Waals surface area (Å²) >= 11 is 0. The van der Waals surface area contributed by atoms with E-state index in [0.29, 0.717) is 5.56 Å². The van der Waals surface area contributed by atoms with Gasteiger partial charge in [-0.1, -0.05) is 127 Å². The molecule has 74 heavy (non-hydrogen) atoms. The molecule has 7 N–H and O–H groups in total. The largest absolute Gasteiger partial charge is 0.459 e. The predicted molar refractivity (Wildman–Crippen MR) is 265 cm³/mol. The molecule has 0 aromatic heterocycles. The highest BCUT2D eigenvalue weighted by atomic mass is 16.7. The molecule has 3 unspecified atom stereocenters. The minimum Gasteiger partial charge on any atom is -0.459 e. The Morgan fingerprint density at radius 2 is 0.757 bits per heavy atom. The van der Waals surface area contributed by atoms with Gasteiger partial charge >= 0.3 is 17.9 Å². The molecule has 6 aromatic carbocycles. The molecule has 6 aromatic rings. The lowest BCUT2D eigenvalue weighted by molar-refractivity contribution is -0.155. The van der Waals surface area contributed by atoms with Crippen molar-refractivity contribution in [2.45, 2.75) is 73.8 Å². The second-order valence-corrected chi connectivity index (χ2v) is 17.1. The summed E-state index contributed by atoms with van der Waals surface area (Å²) in [4.78, 5) is 40.3. The highest BCUT2D eigenvalue weighted by molar-refractivity contribution is 5.92. The maximum Gasteiger partial charge on any atom is 0.338 e. The lowest BCUT2D eigenvalue weighted by atomic mass is 10.0. The van der Waals surface area contributed by atoms with Crippen LogP contribution in [0.2, 0.25) is 0 Å². The van der Waals surface area contributed by atoms with Gasteiger partial charge in [0.1, 0.15) is 49.3 Å². The van der Waals surface area contributed by atoms with Crippen LogP contribution in [0.15, 0.2) is 164 Å². The Morgan fingerprint density at radius 1 is 0.405 bits per heavy atom. The highest BCUT2D eigenvalue weighted by Gasteiger charge is 2.51. The zero-order valence-electron chi connectivity index (χ0n) is 40.3. The second kappa shape index (κ2) is 26.5. The number of benzene rings is 6. The van der Waals surface area contributed by atoms with Gasteiger partial charge in [0.2, 0.25) is 0 Å². The van der Waals surface area contributed by atoms with E-state index < -0.39 is 98.3 Å². The number of aliphatic hydroxyl groups is 7. The van der Waals surface area contributed by atoms with Crippen molar-refractivity contribution in [3.05, 3.63) is 180 Å². The number of hydrogen-bond acceptors (Lipinski definition) is 18. The van der Waals surface area contributed by atoms with Crippen molar-refractivity contribution >= 4 is 17.9 Å². The van der Waals surface area contributed by atoms with Crippen LogP contribution in [0.1, 0.15) is 31.1 Å². The van der Waals surface area contributed by atoms with Gasteiger partial charge in [0.15, 0.2) is 31.1 Å².